The Morgan fingerprint density at radius 2 is 1.79 bits per heavy atom. The van der Waals surface area contributed by atoms with Crippen LogP contribution in [0.25, 0.3) is 5.69 Å². The van der Waals surface area contributed by atoms with E-state index >= 15 is 0 Å². The molecule has 0 bridgehead atoms. The number of hydrogen-bond acceptors (Lipinski definition) is 5. The minimum Gasteiger partial charge on any atom is -0.497 e. The summed E-state index contributed by atoms with van der Waals surface area (Å²) in [6.45, 7) is 2.94. The highest BCUT2D eigenvalue weighted by Gasteiger charge is 2.35. The Morgan fingerprint density at radius 3 is 2.45 bits per heavy atom. The minimum absolute atomic E-state index is 0. The van der Waals surface area contributed by atoms with Gasteiger partial charge in [0.05, 0.1) is 18.5 Å². The van der Waals surface area contributed by atoms with E-state index in [1.807, 2.05) is 49.4 Å². The lowest BCUT2D eigenvalue weighted by Crippen LogP contribution is -2.32. The van der Waals surface area contributed by atoms with Crippen molar-refractivity contribution in [3.8, 4) is 11.4 Å². The fourth-order valence-corrected chi connectivity index (χ4v) is 3.69. The number of ether oxygens (including phenoxy) is 1. The minimum atomic E-state index is -0.133. The number of carbonyl (C=O) groups is 1. The molecule has 1 fully saturated rings. The van der Waals surface area contributed by atoms with E-state index in [1.54, 1.807) is 16.7 Å². The van der Waals surface area contributed by atoms with Gasteiger partial charge in [-0.2, -0.15) is 0 Å². The molecule has 1 aliphatic heterocycles. The Hall–Kier alpha value is -2.90. The van der Waals surface area contributed by atoms with E-state index in [0.717, 1.165) is 17.0 Å². The summed E-state index contributed by atoms with van der Waals surface area (Å²) in [6, 6.07) is 17.5. The van der Waals surface area contributed by atoms with Gasteiger partial charge in [0, 0.05) is 25.0 Å². The molecule has 0 spiro atoms. The second-order valence-corrected chi connectivity index (χ2v) is 7.02. The Kier molecular flexibility index (Phi) is 6.20. The highest BCUT2D eigenvalue weighted by atomic mass is 35.5. The maximum atomic E-state index is 13.1. The van der Waals surface area contributed by atoms with Gasteiger partial charge in [-0.15, -0.1) is 17.5 Å². The van der Waals surface area contributed by atoms with Gasteiger partial charge in [-0.25, -0.2) is 4.68 Å². The fourth-order valence-electron chi connectivity index (χ4n) is 3.69. The van der Waals surface area contributed by atoms with Crippen molar-refractivity contribution in [2.45, 2.75) is 18.9 Å². The Labute approximate surface area is 175 Å². The van der Waals surface area contributed by atoms with E-state index < -0.39 is 0 Å². The molecule has 4 rings (SSSR count). The maximum absolute atomic E-state index is 13.1. The summed E-state index contributed by atoms with van der Waals surface area (Å²) < 4.78 is 6.85. The molecule has 2 heterocycles. The Morgan fingerprint density at radius 1 is 1.10 bits per heavy atom. The molecule has 0 radical (unpaired) electrons. The zero-order chi connectivity index (χ0) is 19.7. The zero-order valence-corrected chi connectivity index (χ0v) is 17.2. The molecule has 1 aliphatic rings. The number of halogens is 1. The monoisotopic (exact) mass is 413 g/mol. The first-order valence-electron chi connectivity index (χ1n) is 9.25. The summed E-state index contributed by atoms with van der Waals surface area (Å²) in [5.41, 5.74) is 9.37. The van der Waals surface area contributed by atoms with Crippen molar-refractivity contribution in [3.63, 3.8) is 0 Å². The van der Waals surface area contributed by atoms with E-state index in [4.69, 9.17) is 10.5 Å². The molecule has 1 aromatic heterocycles. The summed E-state index contributed by atoms with van der Waals surface area (Å²) in [6.07, 6.45) is 0. The summed E-state index contributed by atoms with van der Waals surface area (Å²) in [7, 11) is 1.62. The molecule has 3 aromatic rings. The van der Waals surface area contributed by atoms with Gasteiger partial charge in [-0.1, -0.05) is 35.5 Å². The van der Waals surface area contributed by atoms with Crippen LogP contribution in [0.15, 0.2) is 54.6 Å². The third-order valence-electron chi connectivity index (χ3n) is 5.29. The van der Waals surface area contributed by atoms with Crippen LogP contribution in [-0.4, -0.2) is 52.0 Å². The second-order valence-electron chi connectivity index (χ2n) is 7.02. The topological polar surface area (TPSA) is 86.3 Å². The quantitative estimate of drug-likeness (QED) is 0.710. The molecule has 152 valence electrons. The van der Waals surface area contributed by atoms with E-state index in [2.05, 4.69) is 22.4 Å². The third kappa shape index (κ3) is 3.97. The van der Waals surface area contributed by atoms with Crippen LogP contribution in [-0.2, 0) is 0 Å². The predicted molar refractivity (Wildman–Crippen MR) is 113 cm³/mol. The lowest BCUT2D eigenvalue weighted by atomic mass is 9.95. The van der Waals surface area contributed by atoms with Gasteiger partial charge in [-0.3, -0.25) is 4.79 Å². The van der Waals surface area contributed by atoms with Gasteiger partial charge in [0.15, 0.2) is 5.69 Å². The van der Waals surface area contributed by atoms with Crippen molar-refractivity contribution in [3.05, 3.63) is 71.5 Å². The molecule has 2 N–H and O–H groups in total. The van der Waals surface area contributed by atoms with Gasteiger partial charge in [-0.05, 0) is 36.8 Å². The standard InChI is InChI=1S/C21H23N5O2.ClH/c1-14-20(23-24-26(14)16-8-10-17(28-2)11-9-16)21(27)25-12-18(19(22)13-25)15-6-4-3-5-7-15;/h3-11,18-19H,12-13,22H2,1-2H3;1H/t18-,19+;/m0./s1. The van der Waals surface area contributed by atoms with Crippen molar-refractivity contribution in [2.24, 2.45) is 5.73 Å². The van der Waals surface area contributed by atoms with Gasteiger partial charge < -0.3 is 15.4 Å². The van der Waals surface area contributed by atoms with E-state index in [9.17, 15) is 4.79 Å². The first-order valence-corrected chi connectivity index (χ1v) is 9.25. The lowest BCUT2D eigenvalue weighted by Gasteiger charge is -2.15. The molecule has 0 unspecified atom stereocenters. The number of nitrogens with zero attached hydrogens (tertiary/aromatic N) is 4. The van der Waals surface area contributed by atoms with Crippen LogP contribution in [0.5, 0.6) is 5.75 Å². The van der Waals surface area contributed by atoms with Crippen LogP contribution >= 0.6 is 12.4 Å². The Bertz CT molecular complexity index is 974. The average molecular weight is 414 g/mol. The SMILES string of the molecule is COc1ccc(-n2nnc(C(=O)N3C[C@@H](N)[C@H](c4ccccc4)C3)c2C)cc1.Cl. The predicted octanol–water partition coefficient (Wildman–Crippen LogP) is 2.57. The number of amides is 1. The summed E-state index contributed by atoms with van der Waals surface area (Å²) >= 11 is 0. The number of rotatable bonds is 4. The number of aromatic nitrogens is 3. The van der Waals surface area contributed by atoms with Crippen molar-refractivity contribution < 1.29 is 9.53 Å². The number of carbonyl (C=O) groups excluding carboxylic acids is 1. The number of benzene rings is 2. The number of likely N-dealkylation sites (tertiary alicyclic amines) is 1. The average Bonchev–Trinajstić information content (AvgIpc) is 3.31. The van der Waals surface area contributed by atoms with Crippen molar-refractivity contribution in [1.29, 1.82) is 0 Å². The Balaban J connectivity index is 0.00000240. The first-order chi connectivity index (χ1) is 13.6. The molecule has 1 saturated heterocycles. The molecule has 2 atom stereocenters. The van der Waals surface area contributed by atoms with Crippen molar-refractivity contribution in [1.82, 2.24) is 19.9 Å². The molecule has 2 aromatic carbocycles. The molecular formula is C21H24ClN5O2. The first kappa shape index (κ1) is 20.8. The molecule has 29 heavy (non-hydrogen) atoms. The zero-order valence-electron chi connectivity index (χ0n) is 16.4. The van der Waals surface area contributed by atoms with Crippen molar-refractivity contribution >= 4 is 18.3 Å². The van der Waals surface area contributed by atoms with Crippen LogP contribution in [0.1, 0.15) is 27.7 Å². The van der Waals surface area contributed by atoms with E-state index in [-0.39, 0.29) is 30.3 Å². The van der Waals surface area contributed by atoms with Gasteiger partial charge in [0.25, 0.3) is 5.91 Å². The molecule has 0 saturated carbocycles. The van der Waals surface area contributed by atoms with E-state index in [0.29, 0.717) is 24.5 Å². The smallest absolute Gasteiger partial charge is 0.276 e. The molecular weight excluding hydrogens is 390 g/mol. The van der Waals surface area contributed by atoms with Crippen LogP contribution < -0.4 is 10.5 Å². The summed E-state index contributed by atoms with van der Waals surface area (Å²) in [5, 5.41) is 8.33. The van der Waals surface area contributed by atoms with Crippen LogP contribution in [0.2, 0.25) is 0 Å². The number of hydrogen-bond donors (Lipinski definition) is 1. The molecule has 7 nitrogen and oxygen atoms in total. The van der Waals surface area contributed by atoms with Gasteiger partial charge in [0.1, 0.15) is 5.75 Å². The lowest BCUT2D eigenvalue weighted by molar-refractivity contribution is 0.0782. The number of methoxy groups -OCH3 is 1. The van der Waals surface area contributed by atoms with Crippen LogP contribution in [0.4, 0.5) is 0 Å². The normalized spacial score (nSPS) is 18.4. The van der Waals surface area contributed by atoms with Crippen LogP contribution in [0.3, 0.4) is 0 Å². The van der Waals surface area contributed by atoms with Gasteiger partial charge >= 0.3 is 0 Å². The maximum Gasteiger partial charge on any atom is 0.276 e. The van der Waals surface area contributed by atoms with Gasteiger partial charge in [0.2, 0.25) is 0 Å². The highest BCUT2D eigenvalue weighted by Crippen LogP contribution is 2.28. The fraction of sp³-hybridized carbons (Fsp3) is 0.286. The highest BCUT2D eigenvalue weighted by molar-refractivity contribution is 5.93. The summed E-state index contributed by atoms with van der Waals surface area (Å²) in [4.78, 5) is 14.8. The third-order valence-corrected chi connectivity index (χ3v) is 5.29. The molecule has 8 heteroatoms. The molecule has 1 amide bonds. The van der Waals surface area contributed by atoms with E-state index in [1.165, 1.54) is 0 Å². The van der Waals surface area contributed by atoms with Crippen LogP contribution in [0, 0.1) is 6.92 Å². The summed E-state index contributed by atoms with van der Waals surface area (Å²) in [5.74, 6) is 0.754. The van der Waals surface area contributed by atoms with Crippen molar-refractivity contribution in [2.75, 3.05) is 20.2 Å². The largest absolute Gasteiger partial charge is 0.497 e. The second kappa shape index (κ2) is 8.63. The number of nitrogens with two attached hydrogens (primary N) is 1. The molecule has 0 aliphatic carbocycles.